The normalized spacial score (nSPS) is 15.1. The van der Waals surface area contributed by atoms with Crippen LogP contribution in [0.2, 0.25) is 0 Å². The average Bonchev–Trinajstić information content (AvgIpc) is 3.28. The summed E-state index contributed by atoms with van der Waals surface area (Å²) in [5.41, 5.74) is 2.67. The molecule has 0 atom stereocenters. The van der Waals surface area contributed by atoms with Crippen LogP contribution in [0.5, 0.6) is 5.75 Å². The zero-order valence-electron chi connectivity index (χ0n) is 14.0. The fourth-order valence-corrected chi connectivity index (χ4v) is 3.54. The van der Waals surface area contributed by atoms with Gasteiger partial charge >= 0.3 is 0 Å². The maximum atomic E-state index is 5.86. The number of H-pyrrole nitrogens is 1. The van der Waals surface area contributed by atoms with Crippen molar-refractivity contribution >= 4 is 27.1 Å². The molecule has 0 radical (unpaired) electrons. The summed E-state index contributed by atoms with van der Waals surface area (Å²) < 4.78 is 6.79. The molecule has 25 heavy (non-hydrogen) atoms. The van der Waals surface area contributed by atoms with Crippen molar-refractivity contribution in [1.82, 2.24) is 19.9 Å². The molecule has 5 nitrogen and oxygen atoms in total. The second kappa shape index (κ2) is 7.54. The molecule has 0 unspecified atom stereocenters. The molecule has 6 heteroatoms. The van der Waals surface area contributed by atoms with E-state index in [0.717, 1.165) is 52.3 Å². The molecule has 1 aliphatic heterocycles. The molecule has 0 saturated carbocycles. The molecule has 1 saturated heterocycles. The van der Waals surface area contributed by atoms with Crippen LogP contribution < -0.4 is 4.74 Å². The number of imidazole rings is 1. The number of rotatable bonds is 6. The van der Waals surface area contributed by atoms with Crippen molar-refractivity contribution in [2.24, 2.45) is 0 Å². The Morgan fingerprint density at radius 2 is 1.96 bits per heavy atom. The maximum Gasteiger partial charge on any atom is 0.178 e. The number of nitrogens with zero attached hydrogens (tertiary/aromatic N) is 3. The number of fused-ring (bicyclic) bond motifs is 1. The summed E-state index contributed by atoms with van der Waals surface area (Å²) in [6, 6.07) is 10.0. The van der Waals surface area contributed by atoms with Gasteiger partial charge in [0.25, 0.3) is 0 Å². The fourth-order valence-electron chi connectivity index (χ4n) is 3.20. The average molecular weight is 401 g/mol. The molecular weight excluding hydrogens is 380 g/mol. The van der Waals surface area contributed by atoms with Gasteiger partial charge in [0, 0.05) is 22.8 Å². The van der Waals surface area contributed by atoms with Crippen LogP contribution in [0, 0.1) is 0 Å². The number of nitrogens with one attached hydrogen (secondary N) is 1. The van der Waals surface area contributed by atoms with Gasteiger partial charge in [-0.25, -0.2) is 9.97 Å². The van der Waals surface area contributed by atoms with Gasteiger partial charge in [-0.15, -0.1) is 0 Å². The highest BCUT2D eigenvalue weighted by molar-refractivity contribution is 9.10. The number of aromatic amines is 1. The summed E-state index contributed by atoms with van der Waals surface area (Å²) in [6.07, 6.45) is 5.52. The van der Waals surface area contributed by atoms with Crippen LogP contribution in [0.1, 0.15) is 19.3 Å². The summed E-state index contributed by atoms with van der Waals surface area (Å²) in [6.45, 7) is 4.40. The Morgan fingerprint density at radius 3 is 2.76 bits per heavy atom. The van der Waals surface area contributed by atoms with E-state index in [-0.39, 0.29) is 0 Å². The quantitative estimate of drug-likeness (QED) is 0.628. The zero-order valence-corrected chi connectivity index (χ0v) is 15.6. The first-order valence-corrected chi connectivity index (χ1v) is 9.54. The number of likely N-dealkylation sites (tertiary alicyclic amines) is 1. The summed E-state index contributed by atoms with van der Waals surface area (Å²) in [5.74, 6) is 1.73. The largest absolute Gasteiger partial charge is 0.494 e. The summed E-state index contributed by atoms with van der Waals surface area (Å²) in [5, 5.41) is 0. The van der Waals surface area contributed by atoms with Crippen molar-refractivity contribution in [2.75, 3.05) is 26.2 Å². The molecule has 4 rings (SSSR count). The monoisotopic (exact) mass is 400 g/mol. The van der Waals surface area contributed by atoms with Gasteiger partial charge in [-0.2, -0.15) is 0 Å². The van der Waals surface area contributed by atoms with Crippen LogP contribution in [-0.2, 0) is 0 Å². The predicted octanol–water partition coefficient (Wildman–Crippen LogP) is 4.25. The Labute approximate surface area is 155 Å². The third kappa shape index (κ3) is 4.02. The Bertz CT molecular complexity index is 840. The number of hydrogen-bond donors (Lipinski definition) is 1. The van der Waals surface area contributed by atoms with E-state index in [1.165, 1.54) is 25.9 Å². The molecule has 1 aliphatic rings. The van der Waals surface area contributed by atoms with Gasteiger partial charge in [0.2, 0.25) is 0 Å². The third-order valence-corrected chi connectivity index (χ3v) is 4.95. The van der Waals surface area contributed by atoms with Crippen LogP contribution in [0.25, 0.3) is 22.6 Å². The summed E-state index contributed by atoms with van der Waals surface area (Å²) in [4.78, 5) is 14.7. The first-order valence-electron chi connectivity index (χ1n) is 8.75. The first-order chi connectivity index (χ1) is 12.3. The van der Waals surface area contributed by atoms with Gasteiger partial charge in [-0.3, -0.25) is 0 Å². The van der Waals surface area contributed by atoms with Crippen LogP contribution in [0.3, 0.4) is 0 Å². The van der Waals surface area contributed by atoms with Gasteiger partial charge in [0.1, 0.15) is 11.6 Å². The molecule has 1 N–H and O–H groups in total. The zero-order chi connectivity index (χ0) is 17.1. The lowest BCUT2D eigenvalue weighted by Gasteiger charge is -2.14. The van der Waals surface area contributed by atoms with E-state index in [4.69, 9.17) is 4.74 Å². The molecule has 1 fully saturated rings. The second-order valence-corrected chi connectivity index (χ2v) is 7.30. The van der Waals surface area contributed by atoms with E-state index in [9.17, 15) is 0 Å². The molecule has 0 bridgehead atoms. The van der Waals surface area contributed by atoms with Crippen molar-refractivity contribution in [1.29, 1.82) is 0 Å². The standard InChI is InChI=1S/C19H21BrN4O/c20-15-12-17-19(21-13-15)23-18(22-17)14-4-6-16(7-5-14)25-11-3-10-24-8-1-2-9-24/h4-7,12-13H,1-3,8-11H2,(H,21,22,23). The van der Waals surface area contributed by atoms with Gasteiger partial charge in [0.15, 0.2) is 5.65 Å². The lowest BCUT2D eigenvalue weighted by atomic mass is 10.2. The summed E-state index contributed by atoms with van der Waals surface area (Å²) in [7, 11) is 0. The lowest BCUT2D eigenvalue weighted by Crippen LogP contribution is -2.21. The van der Waals surface area contributed by atoms with Crippen molar-refractivity contribution < 1.29 is 4.74 Å². The number of aromatic nitrogens is 3. The smallest absolute Gasteiger partial charge is 0.178 e. The van der Waals surface area contributed by atoms with Crippen molar-refractivity contribution in [3.63, 3.8) is 0 Å². The van der Waals surface area contributed by atoms with Gasteiger partial charge in [0.05, 0.1) is 12.1 Å². The van der Waals surface area contributed by atoms with E-state index in [2.05, 4.69) is 35.8 Å². The topological polar surface area (TPSA) is 54.0 Å². The second-order valence-electron chi connectivity index (χ2n) is 6.39. The molecule has 0 aliphatic carbocycles. The van der Waals surface area contributed by atoms with E-state index >= 15 is 0 Å². The Hall–Kier alpha value is -1.92. The summed E-state index contributed by atoms with van der Waals surface area (Å²) >= 11 is 3.43. The predicted molar refractivity (Wildman–Crippen MR) is 103 cm³/mol. The molecule has 3 heterocycles. The highest BCUT2D eigenvalue weighted by atomic mass is 79.9. The third-order valence-electron chi connectivity index (χ3n) is 4.52. The lowest BCUT2D eigenvalue weighted by molar-refractivity contribution is 0.263. The maximum absolute atomic E-state index is 5.86. The van der Waals surface area contributed by atoms with E-state index in [0.29, 0.717) is 0 Å². The molecule has 3 aromatic rings. The van der Waals surface area contributed by atoms with Gasteiger partial charge in [-0.05, 0) is 78.6 Å². The molecule has 1 aromatic carbocycles. The van der Waals surface area contributed by atoms with Crippen LogP contribution in [0.15, 0.2) is 41.0 Å². The molecule has 0 spiro atoms. The highest BCUT2D eigenvalue weighted by Gasteiger charge is 2.10. The number of ether oxygens (including phenoxy) is 1. The van der Waals surface area contributed by atoms with Gasteiger partial charge < -0.3 is 14.6 Å². The SMILES string of the molecule is Brc1cnc2nc(-c3ccc(OCCCN4CCCC4)cc3)[nH]c2c1. The number of benzene rings is 1. The molecular formula is C19H21BrN4O. The van der Waals surface area contributed by atoms with Gasteiger partial charge in [-0.1, -0.05) is 0 Å². The van der Waals surface area contributed by atoms with Crippen LogP contribution in [0.4, 0.5) is 0 Å². The molecule has 2 aromatic heterocycles. The van der Waals surface area contributed by atoms with Crippen molar-refractivity contribution in [3.8, 4) is 17.1 Å². The fraction of sp³-hybridized carbons (Fsp3) is 0.368. The van der Waals surface area contributed by atoms with E-state index < -0.39 is 0 Å². The number of halogens is 1. The van der Waals surface area contributed by atoms with Crippen LogP contribution >= 0.6 is 15.9 Å². The minimum Gasteiger partial charge on any atom is -0.494 e. The number of pyridine rings is 1. The minimum absolute atomic E-state index is 0.723. The molecule has 130 valence electrons. The Morgan fingerprint density at radius 1 is 1.16 bits per heavy atom. The molecule has 0 amide bonds. The number of hydrogen-bond acceptors (Lipinski definition) is 4. The van der Waals surface area contributed by atoms with Crippen molar-refractivity contribution in [3.05, 3.63) is 41.0 Å². The Balaban J connectivity index is 1.35. The van der Waals surface area contributed by atoms with E-state index in [1.807, 2.05) is 30.3 Å². The van der Waals surface area contributed by atoms with Crippen molar-refractivity contribution in [2.45, 2.75) is 19.3 Å². The highest BCUT2D eigenvalue weighted by Crippen LogP contribution is 2.23. The van der Waals surface area contributed by atoms with E-state index in [1.54, 1.807) is 6.20 Å². The van der Waals surface area contributed by atoms with Crippen LogP contribution in [-0.4, -0.2) is 46.1 Å². The first kappa shape index (κ1) is 16.5. The Kier molecular flexibility index (Phi) is 4.99. The minimum atomic E-state index is 0.723.